The Morgan fingerprint density at radius 1 is 1.18 bits per heavy atom. The van der Waals surface area contributed by atoms with E-state index in [1.807, 2.05) is 54.2 Å². The van der Waals surface area contributed by atoms with Gasteiger partial charge in [0.25, 0.3) is 5.91 Å². The van der Waals surface area contributed by atoms with Crippen molar-refractivity contribution in [1.29, 1.82) is 0 Å². The van der Waals surface area contributed by atoms with E-state index in [0.29, 0.717) is 5.56 Å². The third-order valence-corrected chi connectivity index (χ3v) is 3.93. The number of aryl methyl sites for hydroxylation is 1. The first kappa shape index (κ1) is 14.5. The van der Waals surface area contributed by atoms with Crippen molar-refractivity contribution in [2.24, 2.45) is 12.1 Å². The van der Waals surface area contributed by atoms with Crippen molar-refractivity contribution in [2.75, 3.05) is 0 Å². The number of halogens is 1. The van der Waals surface area contributed by atoms with Gasteiger partial charge in [0, 0.05) is 39.7 Å². The fourth-order valence-corrected chi connectivity index (χ4v) is 2.57. The standard InChI is InChI=1S/C17H14BrN3O/c1-21-11-13(15-4-2-3-5-16(15)21)10-19-20-17(22)12-6-8-14(18)9-7-12/h2-11H,1H3,(H,20,22). The molecule has 0 aliphatic heterocycles. The zero-order valence-corrected chi connectivity index (χ0v) is 13.5. The lowest BCUT2D eigenvalue weighted by Gasteiger charge is -1.99. The summed E-state index contributed by atoms with van der Waals surface area (Å²) in [7, 11) is 1.99. The van der Waals surface area contributed by atoms with Crippen LogP contribution >= 0.6 is 15.9 Å². The molecule has 0 unspecified atom stereocenters. The Kier molecular flexibility index (Phi) is 4.06. The monoisotopic (exact) mass is 355 g/mol. The van der Waals surface area contributed by atoms with Gasteiger partial charge in [0.05, 0.1) is 6.21 Å². The highest BCUT2D eigenvalue weighted by molar-refractivity contribution is 9.10. The van der Waals surface area contributed by atoms with Gasteiger partial charge >= 0.3 is 0 Å². The van der Waals surface area contributed by atoms with Gasteiger partial charge in [-0.05, 0) is 30.3 Å². The molecule has 1 aromatic heterocycles. The SMILES string of the molecule is Cn1cc(C=NNC(=O)c2ccc(Br)cc2)c2ccccc21. The zero-order chi connectivity index (χ0) is 15.5. The number of hydrazone groups is 1. The molecule has 1 heterocycles. The van der Waals surface area contributed by atoms with Crippen LogP contribution in [0, 0.1) is 0 Å². The van der Waals surface area contributed by atoms with E-state index < -0.39 is 0 Å². The Labute approximate surface area is 136 Å². The van der Waals surface area contributed by atoms with Gasteiger partial charge in [0.2, 0.25) is 0 Å². The molecule has 0 radical (unpaired) electrons. The van der Waals surface area contributed by atoms with Crippen LogP contribution in [0.4, 0.5) is 0 Å². The number of rotatable bonds is 3. The molecule has 0 bridgehead atoms. The summed E-state index contributed by atoms with van der Waals surface area (Å²) in [5.74, 6) is -0.232. The van der Waals surface area contributed by atoms with Crippen LogP contribution in [-0.2, 0) is 7.05 Å². The third kappa shape index (κ3) is 2.94. The first-order valence-electron chi connectivity index (χ1n) is 6.78. The van der Waals surface area contributed by atoms with Crippen LogP contribution in [0.5, 0.6) is 0 Å². The molecule has 1 amide bonds. The molecule has 1 N–H and O–H groups in total. The van der Waals surface area contributed by atoms with E-state index in [1.165, 1.54) is 0 Å². The summed E-state index contributed by atoms with van der Waals surface area (Å²) in [4.78, 5) is 12.0. The summed E-state index contributed by atoms with van der Waals surface area (Å²) in [6.45, 7) is 0. The maximum Gasteiger partial charge on any atom is 0.271 e. The molecule has 2 aromatic carbocycles. The molecule has 4 nitrogen and oxygen atoms in total. The maximum absolute atomic E-state index is 12.0. The predicted octanol–water partition coefficient (Wildman–Crippen LogP) is 3.70. The van der Waals surface area contributed by atoms with E-state index >= 15 is 0 Å². The molecule has 22 heavy (non-hydrogen) atoms. The van der Waals surface area contributed by atoms with Crippen LogP contribution < -0.4 is 5.43 Å². The van der Waals surface area contributed by atoms with Gasteiger partial charge in [0.15, 0.2) is 0 Å². The number of benzene rings is 2. The highest BCUT2D eigenvalue weighted by atomic mass is 79.9. The Balaban J connectivity index is 1.76. The van der Waals surface area contributed by atoms with E-state index in [4.69, 9.17) is 0 Å². The molecule has 0 aliphatic carbocycles. The van der Waals surface area contributed by atoms with Crippen molar-refractivity contribution in [1.82, 2.24) is 9.99 Å². The smallest absolute Gasteiger partial charge is 0.271 e. The van der Waals surface area contributed by atoms with Crippen molar-refractivity contribution < 1.29 is 4.79 Å². The normalized spacial score (nSPS) is 11.2. The van der Waals surface area contributed by atoms with Gasteiger partial charge in [-0.25, -0.2) is 5.43 Å². The number of para-hydroxylation sites is 1. The van der Waals surface area contributed by atoms with Crippen LogP contribution in [0.25, 0.3) is 10.9 Å². The maximum atomic E-state index is 12.0. The van der Waals surface area contributed by atoms with E-state index in [1.54, 1.807) is 18.3 Å². The van der Waals surface area contributed by atoms with Gasteiger partial charge in [-0.3, -0.25) is 4.79 Å². The van der Waals surface area contributed by atoms with Crippen molar-refractivity contribution in [3.8, 4) is 0 Å². The average Bonchev–Trinajstić information content (AvgIpc) is 2.85. The average molecular weight is 356 g/mol. The molecule has 3 aromatic rings. The number of carbonyl (C=O) groups is 1. The first-order chi connectivity index (χ1) is 10.6. The minimum atomic E-state index is -0.232. The summed E-state index contributed by atoms with van der Waals surface area (Å²) < 4.78 is 2.97. The molecule has 110 valence electrons. The summed E-state index contributed by atoms with van der Waals surface area (Å²) in [6.07, 6.45) is 3.65. The van der Waals surface area contributed by atoms with E-state index in [-0.39, 0.29) is 5.91 Å². The molecule has 0 saturated carbocycles. The quantitative estimate of drug-likeness (QED) is 0.565. The summed E-state index contributed by atoms with van der Waals surface area (Å²) in [5, 5.41) is 5.16. The Morgan fingerprint density at radius 2 is 1.91 bits per heavy atom. The second-order valence-electron chi connectivity index (χ2n) is 4.92. The molecule has 5 heteroatoms. The fourth-order valence-electron chi connectivity index (χ4n) is 2.30. The zero-order valence-electron chi connectivity index (χ0n) is 12.0. The van der Waals surface area contributed by atoms with Crippen molar-refractivity contribution >= 4 is 39.0 Å². The van der Waals surface area contributed by atoms with Gasteiger partial charge in [-0.2, -0.15) is 5.10 Å². The lowest BCUT2D eigenvalue weighted by Crippen LogP contribution is -2.17. The Bertz CT molecular complexity index is 850. The van der Waals surface area contributed by atoms with Crippen LogP contribution in [0.2, 0.25) is 0 Å². The minimum absolute atomic E-state index is 0.232. The van der Waals surface area contributed by atoms with Gasteiger partial charge in [-0.15, -0.1) is 0 Å². The summed E-state index contributed by atoms with van der Waals surface area (Å²) >= 11 is 3.34. The van der Waals surface area contributed by atoms with Crippen LogP contribution in [0.1, 0.15) is 15.9 Å². The van der Waals surface area contributed by atoms with Crippen LogP contribution in [-0.4, -0.2) is 16.7 Å². The number of carbonyl (C=O) groups excluding carboxylic acids is 1. The molecule has 0 aliphatic rings. The summed E-state index contributed by atoms with van der Waals surface area (Å²) in [5.41, 5.74) is 5.21. The number of hydrogen-bond acceptors (Lipinski definition) is 2. The van der Waals surface area contributed by atoms with E-state index in [0.717, 1.165) is 20.9 Å². The van der Waals surface area contributed by atoms with E-state index in [2.05, 4.69) is 26.5 Å². The van der Waals surface area contributed by atoms with Crippen molar-refractivity contribution in [2.45, 2.75) is 0 Å². The second kappa shape index (κ2) is 6.15. The highest BCUT2D eigenvalue weighted by Crippen LogP contribution is 2.18. The topological polar surface area (TPSA) is 46.4 Å². The number of nitrogens with one attached hydrogen (secondary N) is 1. The highest BCUT2D eigenvalue weighted by Gasteiger charge is 2.05. The molecule has 0 fully saturated rings. The number of fused-ring (bicyclic) bond motifs is 1. The number of aromatic nitrogens is 1. The lowest BCUT2D eigenvalue weighted by molar-refractivity contribution is 0.0955. The molecule has 0 saturated heterocycles. The number of amides is 1. The molecular formula is C17H14BrN3O. The lowest BCUT2D eigenvalue weighted by atomic mass is 10.2. The molecule has 3 rings (SSSR count). The van der Waals surface area contributed by atoms with Crippen LogP contribution in [0.3, 0.4) is 0 Å². The minimum Gasteiger partial charge on any atom is -0.350 e. The van der Waals surface area contributed by atoms with Gasteiger partial charge < -0.3 is 4.57 Å². The van der Waals surface area contributed by atoms with Gasteiger partial charge in [0.1, 0.15) is 0 Å². The Hall–Kier alpha value is -2.40. The molecule has 0 atom stereocenters. The molecule has 0 spiro atoms. The fraction of sp³-hybridized carbons (Fsp3) is 0.0588. The van der Waals surface area contributed by atoms with Gasteiger partial charge in [-0.1, -0.05) is 34.1 Å². The molecular weight excluding hydrogens is 342 g/mol. The van der Waals surface area contributed by atoms with Crippen LogP contribution in [0.15, 0.2) is 64.3 Å². The first-order valence-corrected chi connectivity index (χ1v) is 7.57. The number of nitrogens with zero attached hydrogens (tertiary/aromatic N) is 2. The van der Waals surface area contributed by atoms with Crippen molar-refractivity contribution in [3.05, 3.63) is 70.3 Å². The Morgan fingerprint density at radius 3 is 2.68 bits per heavy atom. The second-order valence-corrected chi connectivity index (χ2v) is 5.83. The third-order valence-electron chi connectivity index (χ3n) is 3.40. The summed E-state index contributed by atoms with van der Waals surface area (Å²) in [6, 6.07) is 15.2. The van der Waals surface area contributed by atoms with E-state index in [9.17, 15) is 4.79 Å². The largest absolute Gasteiger partial charge is 0.350 e. The number of hydrogen-bond donors (Lipinski definition) is 1. The van der Waals surface area contributed by atoms with Crippen molar-refractivity contribution in [3.63, 3.8) is 0 Å². The predicted molar refractivity (Wildman–Crippen MR) is 92.1 cm³/mol.